The molecule has 4 heterocycles. The van der Waals surface area contributed by atoms with Gasteiger partial charge in [-0.15, -0.1) is 0 Å². The van der Waals surface area contributed by atoms with Crippen molar-refractivity contribution in [3.8, 4) is 11.3 Å². The summed E-state index contributed by atoms with van der Waals surface area (Å²) in [5, 5.41) is 3.70. The minimum Gasteiger partial charge on any atom is -0.327 e. The first-order chi connectivity index (χ1) is 9.40. The number of aromatic nitrogens is 3. The highest BCUT2D eigenvalue weighted by atomic mass is 15.1. The molecule has 2 atom stereocenters. The molecule has 2 unspecified atom stereocenters. The molecular weight excluding hydrogens is 236 g/mol. The van der Waals surface area contributed by atoms with Crippen LogP contribution in [-0.2, 0) is 0 Å². The summed E-state index contributed by atoms with van der Waals surface area (Å²) in [5.41, 5.74) is 2.35. The third-order valence-corrected chi connectivity index (χ3v) is 4.46. The van der Waals surface area contributed by atoms with Gasteiger partial charge in [-0.2, -0.15) is 0 Å². The number of imidazole rings is 1. The Labute approximate surface area is 112 Å². The molecule has 0 aromatic carbocycles. The van der Waals surface area contributed by atoms with Gasteiger partial charge in [0.05, 0.1) is 18.2 Å². The summed E-state index contributed by atoms with van der Waals surface area (Å²) in [6.07, 6.45) is 12.8. The van der Waals surface area contributed by atoms with Crippen molar-refractivity contribution in [3.63, 3.8) is 0 Å². The van der Waals surface area contributed by atoms with Gasteiger partial charge in [0.15, 0.2) is 0 Å². The van der Waals surface area contributed by atoms with Gasteiger partial charge in [-0.25, -0.2) is 4.98 Å². The lowest BCUT2D eigenvalue weighted by atomic mass is 9.99. The second-order valence-electron chi connectivity index (χ2n) is 5.69. The minimum atomic E-state index is 0.580. The Morgan fingerprint density at radius 3 is 2.68 bits per heavy atom. The zero-order valence-electron chi connectivity index (χ0n) is 10.9. The van der Waals surface area contributed by atoms with Crippen LogP contribution in [0.25, 0.3) is 11.3 Å². The van der Waals surface area contributed by atoms with E-state index >= 15 is 0 Å². The van der Waals surface area contributed by atoms with E-state index in [4.69, 9.17) is 0 Å². The smallest absolute Gasteiger partial charge is 0.0953 e. The topological polar surface area (TPSA) is 42.7 Å². The maximum atomic E-state index is 4.36. The van der Waals surface area contributed by atoms with Gasteiger partial charge in [0, 0.05) is 36.1 Å². The highest BCUT2D eigenvalue weighted by Gasteiger charge is 2.34. The number of piperidine rings is 1. The van der Waals surface area contributed by atoms with Crippen LogP contribution in [0.5, 0.6) is 0 Å². The van der Waals surface area contributed by atoms with Gasteiger partial charge in [0.1, 0.15) is 0 Å². The van der Waals surface area contributed by atoms with Gasteiger partial charge in [-0.05, 0) is 37.8 Å². The molecule has 4 nitrogen and oxygen atoms in total. The minimum absolute atomic E-state index is 0.580. The van der Waals surface area contributed by atoms with Gasteiger partial charge in [0.25, 0.3) is 0 Å². The standard InChI is InChI=1S/C15H18N4/c1-2-11(8-16-5-1)15-9-17-10-19(15)14-6-12-3-4-13(7-14)18-12/h1-2,5,8-10,12-14,18H,3-4,6-7H2. The number of fused-ring (bicyclic) bond motifs is 2. The molecule has 0 saturated carbocycles. The monoisotopic (exact) mass is 254 g/mol. The van der Waals surface area contributed by atoms with Crippen LogP contribution in [0.2, 0.25) is 0 Å². The summed E-state index contributed by atoms with van der Waals surface area (Å²) in [7, 11) is 0. The number of nitrogens with zero attached hydrogens (tertiary/aromatic N) is 3. The molecule has 2 aromatic heterocycles. The molecular formula is C15H18N4. The fourth-order valence-corrected chi connectivity index (χ4v) is 3.59. The van der Waals surface area contributed by atoms with Crippen molar-refractivity contribution in [2.75, 3.05) is 0 Å². The molecule has 19 heavy (non-hydrogen) atoms. The van der Waals surface area contributed by atoms with Crippen LogP contribution in [0.15, 0.2) is 37.1 Å². The Morgan fingerprint density at radius 2 is 1.95 bits per heavy atom. The predicted molar refractivity (Wildman–Crippen MR) is 73.7 cm³/mol. The molecule has 98 valence electrons. The van der Waals surface area contributed by atoms with Gasteiger partial charge in [0.2, 0.25) is 0 Å². The van der Waals surface area contributed by atoms with E-state index in [0.29, 0.717) is 18.1 Å². The Morgan fingerprint density at radius 1 is 1.11 bits per heavy atom. The van der Waals surface area contributed by atoms with Crippen molar-refractivity contribution in [1.29, 1.82) is 0 Å². The summed E-state index contributed by atoms with van der Waals surface area (Å²) in [6.45, 7) is 0. The fourth-order valence-electron chi connectivity index (χ4n) is 3.59. The number of pyridine rings is 1. The molecule has 2 saturated heterocycles. The van der Waals surface area contributed by atoms with Crippen LogP contribution in [0.3, 0.4) is 0 Å². The number of rotatable bonds is 2. The summed E-state index contributed by atoms with van der Waals surface area (Å²) in [5.74, 6) is 0. The third-order valence-electron chi connectivity index (χ3n) is 4.46. The molecule has 2 bridgehead atoms. The van der Waals surface area contributed by atoms with Crippen molar-refractivity contribution in [1.82, 2.24) is 19.9 Å². The van der Waals surface area contributed by atoms with Crippen molar-refractivity contribution in [3.05, 3.63) is 37.1 Å². The average Bonchev–Trinajstić information content (AvgIpc) is 3.07. The van der Waals surface area contributed by atoms with Crippen molar-refractivity contribution in [2.24, 2.45) is 0 Å². The van der Waals surface area contributed by atoms with Crippen molar-refractivity contribution < 1.29 is 0 Å². The molecule has 4 rings (SSSR count). The van der Waals surface area contributed by atoms with E-state index in [9.17, 15) is 0 Å². The van der Waals surface area contributed by atoms with E-state index in [-0.39, 0.29) is 0 Å². The zero-order chi connectivity index (χ0) is 12.7. The first-order valence-corrected chi connectivity index (χ1v) is 7.08. The second-order valence-corrected chi connectivity index (χ2v) is 5.69. The van der Waals surface area contributed by atoms with Crippen LogP contribution >= 0.6 is 0 Å². The molecule has 0 aliphatic carbocycles. The van der Waals surface area contributed by atoms with Crippen LogP contribution in [0, 0.1) is 0 Å². The summed E-state index contributed by atoms with van der Waals surface area (Å²) < 4.78 is 2.35. The molecule has 2 fully saturated rings. The Balaban J connectivity index is 1.67. The van der Waals surface area contributed by atoms with E-state index in [2.05, 4.69) is 25.9 Å². The molecule has 1 N–H and O–H groups in total. The Kier molecular flexibility index (Phi) is 2.62. The summed E-state index contributed by atoms with van der Waals surface area (Å²) >= 11 is 0. The van der Waals surface area contributed by atoms with Gasteiger partial charge >= 0.3 is 0 Å². The lowest BCUT2D eigenvalue weighted by Crippen LogP contribution is -2.38. The first-order valence-electron chi connectivity index (χ1n) is 7.08. The van der Waals surface area contributed by atoms with Crippen LogP contribution in [-0.4, -0.2) is 26.6 Å². The lowest BCUT2D eigenvalue weighted by Gasteiger charge is -2.31. The van der Waals surface area contributed by atoms with E-state index in [1.807, 2.05) is 31.0 Å². The van der Waals surface area contributed by atoms with E-state index in [0.717, 1.165) is 5.56 Å². The SMILES string of the molecule is c1cncc(-c2cncn2C2CC3CCC(C2)N3)c1. The van der Waals surface area contributed by atoms with Crippen LogP contribution < -0.4 is 5.32 Å². The normalized spacial score (nSPS) is 29.6. The second kappa shape index (κ2) is 4.46. The predicted octanol–water partition coefficient (Wildman–Crippen LogP) is 2.40. The molecule has 2 aromatic rings. The van der Waals surface area contributed by atoms with E-state index in [1.165, 1.54) is 31.4 Å². The maximum absolute atomic E-state index is 4.36. The fraction of sp³-hybridized carbons (Fsp3) is 0.467. The molecule has 4 heteroatoms. The average molecular weight is 254 g/mol. The zero-order valence-corrected chi connectivity index (χ0v) is 10.9. The third kappa shape index (κ3) is 1.96. The highest BCUT2D eigenvalue weighted by Crippen LogP contribution is 2.36. The molecule has 0 amide bonds. The molecule has 0 spiro atoms. The lowest BCUT2D eigenvalue weighted by molar-refractivity contribution is 0.300. The number of hydrogen-bond acceptors (Lipinski definition) is 3. The number of hydrogen-bond donors (Lipinski definition) is 1. The van der Waals surface area contributed by atoms with Gasteiger partial charge < -0.3 is 9.88 Å². The van der Waals surface area contributed by atoms with Crippen LogP contribution in [0.1, 0.15) is 31.7 Å². The van der Waals surface area contributed by atoms with Crippen LogP contribution in [0.4, 0.5) is 0 Å². The first kappa shape index (κ1) is 11.2. The molecule has 0 radical (unpaired) electrons. The van der Waals surface area contributed by atoms with Crippen molar-refractivity contribution >= 4 is 0 Å². The number of nitrogens with one attached hydrogen (secondary N) is 1. The largest absolute Gasteiger partial charge is 0.327 e. The van der Waals surface area contributed by atoms with Gasteiger partial charge in [-0.1, -0.05) is 0 Å². The van der Waals surface area contributed by atoms with E-state index in [1.54, 1.807) is 0 Å². The summed E-state index contributed by atoms with van der Waals surface area (Å²) in [6, 6.07) is 6.08. The molecule has 2 aliphatic rings. The Hall–Kier alpha value is -1.68. The Bertz CT molecular complexity index is 551. The summed E-state index contributed by atoms with van der Waals surface area (Å²) in [4.78, 5) is 8.57. The quantitative estimate of drug-likeness (QED) is 0.895. The van der Waals surface area contributed by atoms with Crippen molar-refractivity contribution in [2.45, 2.75) is 43.8 Å². The maximum Gasteiger partial charge on any atom is 0.0953 e. The van der Waals surface area contributed by atoms with E-state index < -0.39 is 0 Å². The highest BCUT2D eigenvalue weighted by molar-refractivity contribution is 5.57. The van der Waals surface area contributed by atoms with Gasteiger partial charge in [-0.3, -0.25) is 4.98 Å². The molecule has 2 aliphatic heterocycles.